The highest BCUT2D eigenvalue weighted by molar-refractivity contribution is 6.46. The Balaban J connectivity index is 2.06. The summed E-state index contributed by atoms with van der Waals surface area (Å²) in [7, 11) is 1.52. The van der Waals surface area contributed by atoms with Crippen molar-refractivity contribution in [3.05, 3.63) is 71.0 Å². The topological polar surface area (TPSA) is 76.1 Å². The van der Waals surface area contributed by atoms with Gasteiger partial charge in [-0.3, -0.25) is 9.59 Å². The summed E-state index contributed by atoms with van der Waals surface area (Å²) in [5, 5.41) is 10.9. The molecule has 2 aromatic rings. The van der Waals surface area contributed by atoms with Crippen molar-refractivity contribution in [2.24, 2.45) is 0 Å². The number of hydrogen-bond donors (Lipinski definition) is 1. The van der Waals surface area contributed by atoms with Crippen molar-refractivity contribution in [1.82, 2.24) is 4.90 Å². The van der Waals surface area contributed by atoms with Gasteiger partial charge >= 0.3 is 0 Å². The molecule has 0 aromatic heterocycles. The summed E-state index contributed by atoms with van der Waals surface area (Å²) in [5.41, 5.74) is 0.857. The van der Waals surface area contributed by atoms with Gasteiger partial charge in [0, 0.05) is 12.1 Å². The molecule has 1 aliphatic heterocycles. The summed E-state index contributed by atoms with van der Waals surface area (Å²) in [6, 6.07) is 11.2. The Bertz CT molecular complexity index is 951. The minimum atomic E-state index is -0.844. The van der Waals surface area contributed by atoms with E-state index >= 15 is 0 Å². The second-order valence-corrected chi connectivity index (χ2v) is 7.19. The zero-order valence-electron chi connectivity index (χ0n) is 17.1. The number of ketones is 1. The molecule has 0 bridgehead atoms. The van der Waals surface area contributed by atoms with E-state index in [2.05, 4.69) is 0 Å². The van der Waals surface area contributed by atoms with Crippen molar-refractivity contribution >= 4 is 17.4 Å². The Kier molecular flexibility index (Phi) is 6.52. The number of ether oxygens (including phenoxy) is 2. The zero-order valence-corrected chi connectivity index (χ0v) is 17.1. The van der Waals surface area contributed by atoms with E-state index in [4.69, 9.17) is 9.47 Å². The van der Waals surface area contributed by atoms with E-state index in [0.29, 0.717) is 16.9 Å². The lowest BCUT2D eigenvalue weighted by Gasteiger charge is -2.25. The lowest BCUT2D eigenvalue weighted by atomic mass is 9.95. The molecular formula is C23H24FNO5. The van der Waals surface area contributed by atoms with Crippen LogP contribution in [0, 0.1) is 5.82 Å². The number of aliphatic hydroxyl groups excluding tert-OH is 1. The molecule has 0 saturated carbocycles. The summed E-state index contributed by atoms with van der Waals surface area (Å²) in [4.78, 5) is 27.0. The lowest BCUT2D eigenvalue weighted by molar-refractivity contribution is -0.140. The van der Waals surface area contributed by atoms with Crippen LogP contribution in [0.15, 0.2) is 54.1 Å². The second kappa shape index (κ2) is 9.09. The van der Waals surface area contributed by atoms with Crippen LogP contribution < -0.4 is 4.74 Å². The minimum absolute atomic E-state index is 0.0367. The molecule has 30 heavy (non-hydrogen) atoms. The molecule has 1 N–H and O–H groups in total. The second-order valence-electron chi connectivity index (χ2n) is 7.19. The number of amides is 1. The van der Waals surface area contributed by atoms with Gasteiger partial charge in [0.25, 0.3) is 11.7 Å². The first-order valence-electron chi connectivity index (χ1n) is 9.63. The molecule has 0 aliphatic carbocycles. The number of carbonyl (C=O) groups excluding carboxylic acids is 2. The first-order valence-corrected chi connectivity index (χ1v) is 9.63. The fourth-order valence-corrected chi connectivity index (χ4v) is 3.39. The monoisotopic (exact) mass is 413 g/mol. The average Bonchev–Trinajstić information content (AvgIpc) is 2.98. The molecular weight excluding hydrogens is 389 g/mol. The summed E-state index contributed by atoms with van der Waals surface area (Å²) >= 11 is 0. The molecule has 1 heterocycles. The van der Waals surface area contributed by atoms with Crippen molar-refractivity contribution in [3.8, 4) is 5.75 Å². The predicted molar refractivity (Wildman–Crippen MR) is 109 cm³/mol. The molecule has 1 unspecified atom stereocenters. The number of carbonyl (C=O) groups is 2. The molecule has 1 saturated heterocycles. The van der Waals surface area contributed by atoms with E-state index in [1.165, 1.54) is 36.3 Å². The van der Waals surface area contributed by atoms with E-state index in [1.54, 1.807) is 24.3 Å². The Labute approximate surface area is 174 Å². The predicted octanol–water partition coefficient (Wildman–Crippen LogP) is 3.68. The number of likely N-dealkylation sites (tertiary alicyclic amines) is 1. The number of rotatable bonds is 7. The number of hydrogen-bond acceptors (Lipinski definition) is 5. The highest BCUT2D eigenvalue weighted by Gasteiger charge is 2.45. The summed E-state index contributed by atoms with van der Waals surface area (Å²) in [5.74, 6) is -1.66. The number of benzene rings is 2. The van der Waals surface area contributed by atoms with Crippen molar-refractivity contribution in [2.45, 2.75) is 26.0 Å². The number of nitrogens with zero attached hydrogens (tertiary/aromatic N) is 1. The van der Waals surface area contributed by atoms with Crippen molar-refractivity contribution in [2.75, 3.05) is 20.3 Å². The van der Waals surface area contributed by atoms with Gasteiger partial charge < -0.3 is 19.5 Å². The molecule has 1 fully saturated rings. The maximum Gasteiger partial charge on any atom is 0.295 e. The smallest absolute Gasteiger partial charge is 0.295 e. The number of aliphatic hydroxyl groups is 1. The zero-order chi connectivity index (χ0) is 21.8. The normalized spacial score (nSPS) is 18.3. The van der Waals surface area contributed by atoms with Crippen molar-refractivity contribution in [1.29, 1.82) is 0 Å². The quantitative estimate of drug-likeness (QED) is 0.426. The van der Waals surface area contributed by atoms with Gasteiger partial charge in [-0.25, -0.2) is 4.39 Å². The van der Waals surface area contributed by atoms with Crippen LogP contribution >= 0.6 is 0 Å². The summed E-state index contributed by atoms with van der Waals surface area (Å²) in [6.07, 6.45) is -0.0367. The molecule has 6 nitrogen and oxygen atoms in total. The fourth-order valence-electron chi connectivity index (χ4n) is 3.39. The van der Waals surface area contributed by atoms with Gasteiger partial charge in [-0.05, 0) is 55.8 Å². The van der Waals surface area contributed by atoms with Crippen LogP contribution in [0.2, 0.25) is 0 Å². The molecule has 1 aliphatic rings. The number of methoxy groups -OCH3 is 1. The van der Waals surface area contributed by atoms with Gasteiger partial charge in [0.15, 0.2) is 0 Å². The summed E-state index contributed by atoms with van der Waals surface area (Å²) < 4.78 is 24.1. The maximum atomic E-state index is 13.5. The van der Waals surface area contributed by atoms with Gasteiger partial charge in [-0.2, -0.15) is 0 Å². The first kappa shape index (κ1) is 21.5. The number of halogens is 1. The Morgan fingerprint density at radius 2 is 1.73 bits per heavy atom. The van der Waals surface area contributed by atoms with Crippen LogP contribution in [0.5, 0.6) is 5.75 Å². The highest BCUT2D eigenvalue weighted by atomic mass is 19.1. The van der Waals surface area contributed by atoms with Crippen LogP contribution in [-0.4, -0.2) is 48.1 Å². The van der Waals surface area contributed by atoms with E-state index in [9.17, 15) is 19.1 Å². The Morgan fingerprint density at radius 1 is 1.10 bits per heavy atom. The van der Waals surface area contributed by atoms with Gasteiger partial charge in [-0.1, -0.05) is 12.1 Å². The van der Waals surface area contributed by atoms with Crippen LogP contribution in [0.4, 0.5) is 4.39 Å². The SMILES string of the molecule is COc1ccc(/C(O)=C2/C(=O)C(=O)N(CCOC(C)C)C2c2ccc(F)cc2)cc1. The molecule has 1 atom stereocenters. The molecule has 1 amide bonds. The molecule has 7 heteroatoms. The van der Waals surface area contributed by atoms with E-state index in [-0.39, 0.29) is 30.6 Å². The van der Waals surface area contributed by atoms with Crippen LogP contribution in [-0.2, 0) is 14.3 Å². The fraction of sp³-hybridized carbons (Fsp3) is 0.304. The van der Waals surface area contributed by atoms with Crippen LogP contribution in [0.3, 0.4) is 0 Å². The average molecular weight is 413 g/mol. The number of Topliss-reactive ketones (excluding diaryl/α,β-unsaturated/α-hetero) is 1. The largest absolute Gasteiger partial charge is 0.507 e. The maximum absolute atomic E-state index is 13.5. The molecule has 2 aromatic carbocycles. The lowest BCUT2D eigenvalue weighted by Crippen LogP contribution is -2.33. The van der Waals surface area contributed by atoms with Crippen LogP contribution in [0.25, 0.3) is 5.76 Å². The minimum Gasteiger partial charge on any atom is -0.507 e. The van der Waals surface area contributed by atoms with Crippen molar-refractivity contribution in [3.63, 3.8) is 0 Å². The standard InChI is InChI=1S/C23H24FNO5/c1-14(2)30-13-12-25-20(15-4-8-17(24)9-5-15)19(22(27)23(25)28)21(26)16-6-10-18(29-3)11-7-16/h4-11,14,20,26H,12-13H2,1-3H3/b21-19-. The Morgan fingerprint density at radius 3 is 2.30 bits per heavy atom. The third-order valence-corrected chi connectivity index (χ3v) is 4.87. The molecule has 158 valence electrons. The van der Waals surface area contributed by atoms with Gasteiger partial charge in [0.05, 0.1) is 31.4 Å². The van der Waals surface area contributed by atoms with Gasteiger partial charge in [0.1, 0.15) is 17.3 Å². The van der Waals surface area contributed by atoms with E-state index < -0.39 is 23.5 Å². The van der Waals surface area contributed by atoms with Crippen LogP contribution in [0.1, 0.15) is 31.0 Å². The van der Waals surface area contributed by atoms with Gasteiger partial charge in [-0.15, -0.1) is 0 Å². The Hall–Kier alpha value is -3.19. The highest BCUT2D eigenvalue weighted by Crippen LogP contribution is 2.39. The molecule has 0 spiro atoms. The molecule has 3 rings (SSSR count). The third-order valence-electron chi connectivity index (χ3n) is 4.87. The summed E-state index contributed by atoms with van der Waals surface area (Å²) in [6.45, 7) is 4.12. The van der Waals surface area contributed by atoms with E-state index in [0.717, 1.165) is 0 Å². The van der Waals surface area contributed by atoms with E-state index in [1.807, 2.05) is 13.8 Å². The van der Waals surface area contributed by atoms with Gasteiger partial charge in [0.2, 0.25) is 0 Å². The first-order chi connectivity index (χ1) is 14.3. The molecule has 0 radical (unpaired) electrons. The van der Waals surface area contributed by atoms with Crippen molar-refractivity contribution < 1.29 is 28.6 Å². The third kappa shape index (κ3) is 4.36.